The van der Waals surface area contributed by atoms with Crippen molar-refractivity contribution in [3.63, 3.8) is 0 Å². The molecule has 1 amide bonds. The number of anilines is 1. The average Bonchev–Trinajstić information content (AvgIpc) is 3.11. The highest BCUT2D eigenvalue weighted by Gasteiger charge is 2.26. The van der Waals surface area contributed by atoms with Gasteiger partial charge in [-0.1, -0.05) is 17.2 Å². The van der Waals surface area contributed by atoms with Crippen LogP contribution in [0.4, 0.5) is 6.01 Å². The molecule has 0 saturated heterocycles. The zero-order chi connectivity index (χ0) is 20.0. The number of fused-ring (bicyclic) bond motifs is 1. The Bertz CT molecular complexity index is 1110. The normalized spacial score (nSPS) is 15.3. The molecule has 0 unspecified atom stereocenters. The number of rotatable bonds is 6. The molecule has 5 rings (SSSR count). The van der Waals surface area contributed by atoms with E-state index in [1.165, 1.54) is 16.9 Å². The molecule has 7 nitrogen and oxygen atoms in total. The van der Waals surface area contributed by atoms with Crippen LogP contribution in [0, 0.1) is 0 Å². The van der Waals surface area contributed by atoms with Crippen LogP contribution >= 0.6 is 11.3 Å². The van der Waals surface area contributed by atoms with Gasteiger partial charge in [0.2, 0.25) is 5.89 Å². The summed E-state index contributed by atoms with van der Waals surface area (Å²) in [6.45, 7) is 4.03. The van der Waals surface area contributed by atoms with Crippen LogP contribution in [0.1, 0.15) is 53.3 Å². The lowest BCUT2D eigenvalue weighted by molar-refractivity contribution is 0.0946. The third-order valence-corrected chi connectivity index (χ3v) is 5.77. The molecule has 2 heterocycles. The van der Waals surface area contributed by atoms with Gasteiger partial charge in [0, 0.05) is 28.6 Å². The number of benzene rings is 1. The predicted octanol–water partition coefficient (Wildman–Crippen LogP) is 3.89. The number of carbonyl (C=O) groups excluding carboxylic acids is 1. The van der Waals surface area contributed by atoms with Crippen LogP contribution in [-0.4, -0.2) is 33.2 Å². The lowest BCUT2D eigenvalue weighted by Gasteiger charge is -2.06. The fourth-order valence-electron chi connectivity index (χ4n) is 3.30. The molecule has 0 aliphatic heterocycles. The Morgan fingerprint density at radius 2 is 2.14 bits per heavy atom. The highest BCUT2D eigenvalue weighted by Crippen LogP contribution is 2.37. The van der Waals surface area contributed by atoms with E-state index >= 15 is 0 Å². The quantitative estimate of drug-likeness (QED) is 0.644. The Kier molecular flexibility index (Phi) is 4.43. The standard InChI is InChI=1S/C21H21N5O2S/c1-11(2)22-21-26-25-19(28-21)13-4-3-12-5-8-15(16(12)9-13)20-24-17(10-29-20)18(27)23-14-6-7-14/h3-4,8-11,14H,5-7H2,1-2H3,(H,22,26)(H,23,27). The van der Waals surface area contributed by atoms with Gasteiger partial charge in [-0.15, -0.1) is 16.4 Å². The summed E-state index contributed by atoms with van der Waals surface area (Å²) >= 11 is 1.50. The highest BCUT2D eigenvalue weighted by atomic mass is 32.1. The van der Waals surface area contributed by atoms with E-state index in [9.17, 15) is 4.79 Å². The van der Waals surface area contributed by atoms with Crippen molar-refractivity contribution in [2.45, 2.75) is 45.2 Å². The van der Waals surface area contributed by atoms with E-state index in [0.717, 1.165) is 41.0 Å². The number of hydrogen-bond donors (Lipinski definition) is 2. The summed E-state index contributed by atoms with van der Waals surface area (Å²) in [4.78, 5) is 16.9. The second-order valence-corrected chi connectivity index (χ2v) is 8.55. The van der Waals surface area contributed by atoms with Crippen molar-refractivity contribution in [2.24, 2.45) is 0 Å². The topological polar surface area (TPSA) is 92.9 Å². The van der Waals surface area contributed by atoms with E-state index in [4.69, 9.17) is 4.42 Å². The minimum Gasteiger partial charge on any atom is -0.403 e. The van der Waals surface area contributed by atoms with Gasteiger partial charge in [0.25, 0.3) is 5.91 Å². The number of hydrogen-bond acceptors (Lipinski definition) is 7. The minimum atomic E-state index is -0.0846. The third-order valence-electron chi connectivity index (χ3n) is 4.89. The van der Waals surface area contributed by atoms with Gasteiger partial charge in [-0.2, -0.15) is 0 Å². The lowest BCUT2D eigenvalue weighted by Crippen LogP contribution is -2.25. The summed E-state index contributed by atoms with van der Waals surface area (Å²) in [6.07, 6.45) is 5.13. The molecule has 29 heavy (non-hydrogen) atoms. The van der Waals surface area contributed by atoms with Crippen LogP contribution in [0.5, 0.6) is 0 Å². The average molecular weight is 407 g/mol. The molecule has 1 aromatic carbocycles. The highest BCUT2D eigenvalue weighted by molar-refractivity contribution is 7.11. The number of nitrogens with zero attached hydrogens (tertiary/aromatic N) is 3. The van der Waals surface area contributed by atoms with Crippen LogP contribution in [0.3, 0.4) is 0 Å². The van der Waals surface area contributed by atoms with Gasteiger partial charge in [0.1, 0.15) is 10.7 Å². The number of amides is 1. The van der Waals surface area contributed by atoms with E-state index in [0.29, 0.717) is 23.6 Å². The number of aromatic nitrogens is 3. The molecule has 2 aliphatic rings. The van der Waals surface area contributed by atoms with Crippen LogP contribution in [0.25, 0.3) is 17.0 Å². The molecule has 2 N–H and O–H groups in total. The summed E-state index contributed by atoms with van der Waals surface area (Å²) in [5.41, 5.74) is 4.73. The first-order valence-electron chi connectivity index (χ1n) is 9.77. The van der Waals surface area contributed by atoms with Gasteiger partial charge in [0.05, 0.1) is 0 Å². The zero-order valence-corrected chi connectivity index (χ0v) is 17.0. The van der Waals surface area contributed by atoms with Gasteiger partial charge in [-0.25, -0.2) is 4.98 Å². The van der Waals surface area contributed by atoms with E-state index in [1.807, 2.05) is 25.3 Å². The van der Waals surface area contributed by atoms with E-state index < -0.39 is 0 Å². The molecule has 148 valence electrons. The Labute approximate surface area is 172 Å². The smallest absolute Gasteiger partial charge is 0.315 e. The zero-order valence-electron chi connectivity index (χ0n) is 16.2. The fourth-order valence-corrected chi connectivity index (χ4v) is 4.15. The van der Waals surface area contributed by atoms with Crippen molar-refractivity contribution in [2.75, 3.05) is 5.32 Å². The van der Waals surface area contributed by atoms with E-state index in [-0.39, 0.29) is 11.9 Å². The number of allylic oxidation sites excluding steroid dienone is 1. The summed E-state index contributed by atoms with van der Waals surface area (Å²) in [7, 11) is 0. The first-order valence-corrected chi connectivity index (χ1v) is 10.7. The van der Waals surface area contributed by atoms with Crippen LogP contribution < -0.4 is 10.6 Å². The van der Waals surface area contributed by atoms with Crippen LogP contribution in [-0.2, 0) is 6.42 Å². The number of thiazole rings is 1. The van der Waals surface area contributed by atoms with Crippen LogP contribution in [0.15, 0.2) is 34.1 Å². The van der Waals surface area contributed by atoms with Crippen molar-refractivity contribution < 1.29 is 9.21 Å². The Morgan fingerprint density at radius 3 is 2.93 bits per heavy atom. The lowest BCUT2D eigenvalue weighted by atomic mass is 10.0. The minimum absolute atomic E-state index is 0.0846. The third kappa shape index (κ3) is 3.67. The van der Waals surface area contributed by atoms with Gasteiger partial charge in [-0.05, 0) is 56.4 Å². The van der Waals surface area contributed by atoms with Crippen molar-refractivity contribution >= 4 is 28.8 Å². The van der Waals surface area contributed by atoms with Gasteiger partial charge >= 0.3 is 6.01 Å². The molecule has 8 heteroatoms. The molecule has 0 spiro atoms. The fraction of sp³-hybridized carbons (Fsp3) is 0.333. The van der Waals surface area contributed by atoms with Gasteiger partial charge in [-0.3, -0.25) is 4.79 Å². The first kappa shape index (κ1) is 18.1. The maximum atomic E-state index is 12.3. The maximum Gasteiger partial charge on any atom is 0.315 e. The van der Waals surface area contributed by atoms with Gasteiger partial charge in [0.15, 0.2) is 0 Å². The molecule has 2 aliphatic carbocycles. The van der Waals surface area contributed by atoms with E-state index in [2.05, 4.69) is 44.0 Å². The second kappa shape index (κ2) is 7.11. The first-order chi connectivity index (χ1) is 14.1. The summed E-state index contributed by atoms with van der Waals surface area (Å²) < 4.78 is 5.74. The summed E-state index contributed by atoms with van der Waals surface area (Å²) in [5.74, 6) is 0.393. The summed E-state index contributed by atoms with van der Waals surface area (Å²) in [6, 6.07) is 7.10. The maximum absolute atomic E-state index is 12.3. The molecule has 1 saturated carbocycles. The summed E-state index contributed by atoms with van der Waals surface area (Å²) in [5, 5.41) is 17.0. The Hall–Kier alpha value is -3.00. The monoisotopic (exact) mass is 407 g/mol. The SMILES string of the molecule is CC(C)Nc1nnc(-c2ccc3c(c2)C(c2nc(C(=O)NC4CC4)cs2)=CC3)o1. The Morgan fingerprint density at radius 1 is 1.28 bits per heavy atom. The molecule has 1 fully saturated rings. The molecule has 2 aromatic heterocycles. The predicted molar refractivity (Wildman–Crippen MR) is 112 cm³/mol. The molecule has 0 atom stereocenters. The Balaban J connectivity index is 1.40. The van der Waals surface area contributed by atoms with Crippen molar-refractivity contribution in [3.8, 4) is 11.5 Å². The van der Waals surface area contributed by atoms with Crippen LogP contribution in [0.2, 0.25) is 0 Å². The van der Waals surface area contributed by atoms with Gasteiger partial charge < -0.3 is 15.1 Å². The number of carbonyl (C=O) groups is 1. The van der Waals surface area contributed by atoms with Crippen molar-refractivity contribution in [1.82, 2.24) is 20.5 Å². The molecular weight excluding hydrogens is 386 g/mol. The second-order valence-electron chi connectivity index (χ2n) is 7.69. The molecule has 0 radical (unpaired) electrons. The molecule has 0 bridgehead atoms. The molecular formula is C21H21N5O2S. The van der Waals surface area contributed by atoms with Crippen molar-refractivity contribution in [3.05, 3.63) is 51.5 Å². The van der Waals surface area contributed by atoms with Crippen molar-refractivity contribution in [1.29, 1.82) is 0 Å². The van der Waals surface area contributed by atoms with E-state index in [1.54, 1.807) is 0 Å². The largest absolute Gasteiger partial charge is 0.403 e. The number of nitrogens with one attached hydrogen (secondary N) is 2. The molecule has 3 aromatic rings.